The summed E-state index contributed by atoms with van der Waals surface area (Å²) in [4.78, 5) is 4.35. The standard InChI is InChI=1S/C13H20BrN3/c1-8(2)13(4-5-13)7-17-12-11(14)9(3)10(15)6-16-12/h6,8H,4-5,7,15H2,1-3H3,(H,16,17). The summed E-state index contributed by atoms with van der Waals surface area (Å²) < 4.78 is 0.983. The highest BCUT2D eigenvalue weighted by molar-refractivity contribution is 9.10. The molecule has 1 heterocycles. The lowest BCUT2D eigenvalue weighted by Crippen LogP contribution is -2.21. The molecule has 17 heavy (non-hydrogen) atoms. The molecular formula is C13H20BrN3. The van der Waals surface area contributed by atoms with Crippen molar-refractivity contribution in [1.29, 1.82) is 0 Å². The third-order valence-corrected chi connectivity index (χ3v) is 5.00. The maximum Gasteiger partial charge on any atom is 0.140 e. The first-order valence-corrected chi connectivity index (χ1v) is 6.90. The van der Waals surface area contributed by atoms with Crippen molar-refractivity contribution in [3.05, 3.63) is 16.2 Å². The summed E-state index contributed by atoms with van der Waals surface area (Å²) in [7, 11) is 0. The molecule has 1 saturated carbocycles. The van der Waals surface area contributed by atoms with Crippen molar-refractivity contribution in [3.8, 4) is 0 Å². The minimum Gasteiger partial charge on any atom is -0.397 e. The Balaban J connectivity index is 2.08. The van der Waals surface area contributed by atoms with Gasteiger partial charge in [0.2, 0.25) is 0 Å². The number of hydrogen-bond acceptors (Lipinski definition) is 3. The summed E-state index contributed by atoms with van der Waals surface area (Å²) in [6.45, 7) is 7.60. The zero-order valence-electron chi connectivity index (χ0n) is 10.7. The van der Waals surface area contributed by atoms with E-state index in [2.05, 4.69) is 40.1 Å². The average molecular weight is 298 g/mol. The van der Waals surface area contributed by atoms with Crippen LogP contribution in [-0.2, 0) is 0 Å². The number of hydrogen-bond donors (Lipinski definition) is 2. The fourth-order valence-corrected chi connectivity index (χ4v) is 2.57. The van der Waals surface area contributed by atoms with Gasteiger partial charge in [0.25, 0.3) is 0 Å². The van der Waals surface area contributed by atoms with Crippen LogP contribution in [0.25, 0.3) is 0 Å². The van der Waals surface area contributed by atoms with Gasteiger partial charge in [-0.15, -0.1) is 0 Å². The molecular weight excluding hydrogens is 278 g/mol. The van der Waals surface area contributed by atoms with Crippen LogP contribution in [0.5, 0.6) is 0 Å². The predicted octanol–water partition coefficient (Wildman–Crippen LogP) is 3.58. The molecule has 0 radical (unpaired) electrons. The monoisotopic (exact) mass is 297 g/mol. The SMILES string of the molecule is Cc1c(N)cnc(NCC2(C(C)C)CC2)c1Br. The van der Waals surface area contributed by atoms with Crippen molar-refractivity contribution in [2.24, 2.45) is 11.3 Å². The summed E-state index contributed by atoms with van der Waals surface area (Å²) in [5.74, 6) is 1.63. The van der Waals surface area contributed by atoms with Gasteiger partial charge in [-0.2, -0.15) is 0 Å². The van der Waals surface area contributed by atoms with E-state index in [9.17, 15) is 0 Å². The minimum atomic E-state index is 0.483. The molecule has 0 aliphatic heterocycles. The summed E-state index contributed by atoms with van der Waals surface area (Å²) in [6, 6.07) is 0. The molecule has 0 saturated heterocycles. The molecule has 0 spiro atoms. The second kappa shape index (κ2) is 4.48. The van der Waals surface area contributed by atoms with Crippen LogP contribution in [0.3, 0.4) is 0 Å². The van der Waals surface area contributed by atoms with Gasteiger partial charge in [0.05, 0.1) is 16.4 Å². The number of nitrogens with two attached hydrogens (primary N) is 1. The van der Waals surface area contributed by atoms with E-state index in [0.717, 1.165) is 34.0 Å². The second-order valence-corrected chi connectivity index (χ2v) is 6.16. The molecule has 94 valence electrons. The van der Waals surface area contributed by atoms with Crippen LogP contribution >= 0.6 is 15.9 Å². The van der Waals surface area contributed by atoms with Gasteiger partial charge < -0.3 is 11.1 Å². The van der Waals surface area contributed by atoms with Crippen LogP contribution in [0, 0.1) is 18.3 Å². The molecule has 0 bridgehead atoms. The number of nitrogens with zero attached hydrogens (tertiary/aromatic N) is 1. The molecule has 1 aromatic heterocycles. The van der Waals surface area contributed by atoms with Crippen molar-refractivity contribution in [2.45, 2.75) is 33.6 Å². The highest BCUT2D eigenvalue weighted by Gasteiger charge is 2.45. The molecule has 1 aromatic rings. The number of nitrogen functional groups attached to an aromatic ring is 1. The van der Waals surface area contributed by atoms with Gasteiger partial charge in [-0.25, -0.2) is 4.98 Å². The van der Waals surface area contributed by atoms with E-state index >= 15 is 0 Å². The van der Waals surface area contributed by atoms with Crippen molar-refractivity contribution in [3.63, 3.8) is 0 Å². The Morgan fingerprint density at radius 3 is 2.71 bits per heavy atom. The van der Waals surface area contributed by atoms with Crippen molar-refractivity contribution < 1.29 is 0 Å². The Morgan fingerprint density at radius 1 is 1.53 bits per heavy atom. The third-order valence-electron chi connectivity index (χ3n) is 4.03. The number of aromatic nitrogens is 1. The van der Waals surface area contributed by atoms with E-state index in [-0.39, 0.29) is 0 Å². The lowest BCUT2D eigenvalue weighted by atomic mass is 9.92. The molecule has 4 heteroatoms. The third kappa shape index (κ3) is 2.41. The van der Waals surface area contributed by atoms with Crippen LogP contribution in [0.4, 0.5) is 11.5 Å². The fraction of sp³-hybridized carbons (Fsp3) is 0.615. The lowest BCUT2D eigenvalue weighted by molar-refractivity contribution is 0.380. The molecule has 0 amide bonds. The maximum atomic E-state index is 5.81. The Hall–Kier alpha value is -0.770. The van der Waals surface area contributed by atoms with Gasteiger partial charge in [-0.3, -0.25) is 0 Å². The Morgan fingerprint density at radius 2 is 2.18 bits per heavy atom. The molecule has 1 aliphatic rings. The maximum absolute atomic E-state index is 5.81. The van der Waals surface area contributed by atoms with Gasteiger partial charge in [0.1, 0.15) is 5.82 Å². The summed E-state index contributed by atoms with van der Waals surface area (Å²) in [5.41, 5.74) is 8.08. The van der Waals surface area contributed by atoms with Crippen LogP contribution in [0.2, 0.25) is 0 Å². The summed E-state index contributed by atoms with van der Waals surface area (Å²) in [5, 5.41) is 3.45. The van der Waals surface area contributed by atoms with Crippen molar-refractivity contribution >= 4 is 27.4 Å². The lowest BCUT2D eigenvalue weighted by Gasteiger charge is -2.21. The van der Waals surface area contributed by atoms with Gasteiger partial charge in [-0.05, 0) is 52.6 Å². The molecule has 1 aliphatic carbocycles. The number of pyridine rings is 1. The average Bonchev–Trinajstić information content (AvgIpc) is 3.06. The summed E-state index contributed by atoms with van der Waals surface area (Å²) >= 11 is 3.55. The number of halogens is 1. The fourth-order valence-electron chi connectivity index (χ4n) is 2.09. The van der Waals surface area contributed by atoms with Crippen LogP contribution < -0.4 is 11.1 Å². The van der Waals surface area contributed by atoms with Gasteiger partial charge in [0.15, 0.2) is 0 Å². The van der Waals surface area contributed by atoms with Crippen LogP contribution in [0.1, 0.15) is 32.3 Å². The van der Waals surface area contributed by atoms with Crippen molar-refractivity contribution in [1.82, 2.24) is 4.98 Å². The topological polar surface area (TPSA) is 50.9 Å². The molecule has 0 atom stereocenters. The Bertz CT molecular complexity index is 425. The first-order chi connectivity index (χ1) is 7.96. The Labute approximate surface area is 111 Å². The van der Waals surface area contributed by atoms with E-state index in [1.165, 1.54) is 12.8 Å². The smallest absolute Gasteiger partial charge is 0.140 e. The number of nitrogens with one attached hydrogen (secondary N) is 1. The van der Waals surface area contributed by atoms with Gasteiger partial charge >= 0.3 is 0 Å². The molecule has 1 fully saturated rings. The van der Waals surface area contributed by atoms with Crippen molar-refractivity contribution in [2.75, 3.05) is 17.6 Å². The van der Waals surface area contributed by atoms with E-state index in [1.54, 1.807) is 6.20 Å². The highest BCUT2D eigenvalue weighted by atomic mass is 79.9. The second-order valence-electron chi connectivity index (χ2n) is 5.37. The highest BCUT2D eigenvalue weighted by Crippen LogP contribution is 2.51. The van der Waals surface area contributed by atoms with E-state index in [0.29, 0.717) is 5.41 Å². The normalized spacial score (nSPS) is 17.2. The van der Waals surface area contributed by atoms with E-state index < -0.39 is 0 Å². The first kappa shape index (κ1) is 12.7. The first-order valence-electron chi connectivity index (χ1n) is 6.11. The number of anilines is 2. The molecule has 0 aromatic carbocycles. The zero-order valence-corrected chi connectivity index (χ0v) is 12.3. The van der Waals surface area contributed by atoms with E-state index in [1.807, 2.05) is 6.92 Å². The Kier molecular flexibility index (Phi) is 3.34. The predicted molar refractivity (Wildman–Crippen MR) is 76.1 cm³/mol. The molecule has 0 unspecified atom stereocenters. The molecule has 3 nitrogen and oxygen atoms in total. The van der Waals surface area contributed by atoms with Crippen LogP contribution in [-0.4, -0.2) is 11.5 Å². The largest absolute Gasteiger partial charge is 0.397 e. The zero-order chi connectivity index (χ0) is 12.6. The van der Waals surface area contributed by atoms with Gasteiger partial charge in [-0.1, -0.05) is 13.8 Å². The van der Waals surface area contributed by atoms with Gasteiger partial charge in [0, 0.05) is 6.54 Å². The summed E-state index contributed by atoms with van der Waals surface area (Å²) in [6.07, 6.45) is 4.36. The molecule has 3 N–H and O–H groups in total. The molecule has 2 rings (SSSR count). The van der Waals surface area contributed by atoms with E-state index in [4.69, 9.17) is 5.73 Å². The minimum absolute atomic E-state index is 0.483. The quantitative estimate of drug-likeness (QED) is 0.893. The number of rotatable bonds is 4. The van der Waals surface area contributed by atoms with Crippen LogP contribution in [0.15, 0.2) is 10.7 Å².